The molecule has 1 saturated heterocycles. The number of likely N-dealkylation sites (tertiary alicyclic amines) is 1. The minimum absolute atomic E-state index is 0.113. The van der Waals surface area contributed by atoms with Gasteiger partial charge < -0.3 is 15.3 Å². The second-order valence-electron chi connectivity index (χ2n) is 5.87. The van der Waals surface area contributed by atoms with E-state index in [1.807, 2.05) is 0 Å². The van der Waals surface area contributed by atoms with Crippen molar-refractivity contribution in [3.8, 4) is 0 Å². The predicted molar refractivity (Wildman–Crippen MR) is 71.1 cm³/mol. The Balaban J connectivity index is 1.88. The van der Waals surface area contributed by atoms with E-state index in [0.717, 1.165) is 25.4 Å². The number of hydrogen-bond acceptors (Lipinski definition) is 3. The van der Waals surface area contributed by atoms with Gasteiger partial charge in [-0.1, -0.05) is 13.8 Å². The smallest absolute Gasteiger partial charge is 0.0578 e. The summed E-state index contributed by atoms with van der Waals surface area (Å²) < 4.78 is 0. The number of nitrogens with zero attached hydrogens (tertiary/aromatic N) is 1. The second-order valence-corrected chi connectivity index (χ2v) is 5.87. The van der Waals surface area contributed by atoms with Crippen molar-refractivity contribution in [3.05, 3.63) is 0 Å². The van der Waals surface area contributed by atoms with Crippen molar-refractivity contribution in [2.75, 3.05) is 19.6 Å². The monoisotopic (exact) mass is 240 g/mol. The highest BCUT2D eigenvalue weighted by Crippen LogP contribution is 2.26. The van der Waals surface area contributed by atoms with E-state index < -0.39 is 0 Å². The topological polar surface area (TPSA) is 35.5 Å². The molecular formula is C14H28N2O. The molecule has 1 saturated carbocycles. The highest BCUT2D eigenvalue weighted by atomic mass is 16.3. The third-order valence-corrected chi connectivity index (χ3v) is 4.11. The summed E-state index contributed by atoms with van der Waals surface area (Å²) in [7, 11) is 0. The molecule has 2 aliphatic rings. The number of nitrogens with one attached hydrogen (secondary N) is 1. The van der Waals surface area contributed by atoms with Crippen LogP contribution in [0.1, 0.15) is 46.0 Å². The summed E-state index contributed by atoms with van der Waals surface area (Å²) in [6, 6.07) is 1.38. The van der Waals surface area contributed by atoms with E-state index in [1.54, 1.807) is 0 Å². The van der Waals surface area contributed by atoms with Crippen LogP contribution in [0, 0.1) is 5.92 Å². The third kappa shape index (κ3) is 3.94. The van der Waals surface area contributed by atoms with Crippen molar-refractivity contribution < 1.29 is 5.11 Å². The van der Waals surface area contributed by atoms with Gasteiger partial charge in [-0.15, -0.1) is 0 Å². The van der Waals surface area contributed by atoms with Gasteiger partial charge in [-0.05, 0) is 44.6 Å². The van der Waals surface area contributed by atoms with Crippen LogP contribution in [0.5, 0.6) is 0 Å². The molecular weight excluding hydrogens is 212 g/mol. The van der Waals surface area contributed by atoms with Gasteiger partial charge in [0.05, 0.1) is 6.10 Å². The van der Waals surface area contributed by atoms with E-state index in [0.29, 0.717) is 12.0 Å². The van der Waals surface area contributed by atoms with Gasteiger partial charge in [0.2, 0.25) is 0 Å². The number of aliphatic hydroxyl groups is 1. The SMILES string of the molecule is CCCN1CC(NC2CC2)CC(C(O)CC)C1. The van der Waals surface area contributed by atoms with Crippen LogP contribution in [0.2, 0.25) is 0 Å². The molecule has 3 nitrogen and oxygen atoms in total. The highest BCUT2D eigenvalue weighted by Gasteiger charge is 2.33. The summed E-state index contributed by atoms with van der Waals surface area (Å²) in [4.78, 5) is 2.53. The molecule has 1 aliphatic heterocycles. The lowest BCUT2D eigenvalue weighted by Crippen LogP contribution is -2.52. The molecule has 2 rings (SSSR count). The molecule has 0 aromatic heterocycles. The predicted octanol–water partition coefficient (Wildman–Crippen LogP) is 1.61. The van der Waals surface area contributed by atoms with E-state index in [4.69, 9.17) is 0 Å². The fraction of sp³-hybridized carbons (Fsp3) is 1.00. The zero-order valence-electron chi connectivity index (χ0n) is 11.4. The zero-order chi connectivity index (χ0) is 12.3. The quantitative estimate of drug-likeness (QED) is 0.740. The summed E-state index contributed by atoms with van der Waals surface area (Å²) in [5.74, 6) is 0.469. The van der Waals surface area contributed by atoms with Crippen molar-refractivity contribution in [1.29, 1.82) is 0 Å². The van der Waals surface area contributed by atoms with Gasteiger partial charge in [-0.2, -0.15) is 0 Å². The average Bonchev–Trinajstić information content (AvgIpc) is 3.12. The molecule has 100 valence electrons. The van der Waals surface area contributed by atoms with E-state index in [-0.39, 0.29) is 6.10 Å². The lowest BCUT2D eigenvalue weighted by molar-refractivity contribution is 0.0354. The fourth-order valence-electron chi connectivity index (χ4n) is 3.05. The van der Waals surface area contributed by atoms with Gasteiger partial charge in [0, 0.05) is 25.2 Å². The first-order valence-corrected chi connectivity index (χ1v) is 7.39. The van der Waals surface area contributed by atoms with Crippen LogP contribution < -0.4 is 5.32 Å². The van der Waals surface area contributed by atoms with E-state index in [2.05, 4.69) is 24.1 Å². The standard InChI is InChI=1S/C14H28N2O/c1-3-7-16-9-11(14(17)4-2)8-13(10-16)15-12-5-6-12/h11-15,17H,3-10H2,1-2H3. The van der Waals surface area contributed by atoms with E-state index in [9.17, 15) is 5.11 Å². The molecule has 17 heavy (non-hydrogen) atoms. The van der Waals surface area contributed by atoms with Crippen molar-refractivity contribution in [2.24, 2.45) is 5.92 Å². The Morgan fingerprint density at radius 3 is 2.59 bits per heavy atom. The number of rotatable bonds is 6. The summed E-state index contributed by atoms with van der Waals surface area (Å²) >= 11 is 0. The molecule has 3 unspecified atom stereocenters. The molecule has 1 aliphatic carbocycles. The molecule has 3 heteroatoms. The number of hydrogen-bond donors (Lipinski definition) is 2. The molecule has 3 atom stereocenters. The van der Waals surface area contributed by atoms with Gasteiger partial charge in [0.15, 0.2) is 0 Å². The van der Waals surface area contributed by atoms with Crippen LogP contribution in [0.3, 0.4) is 0 Å². The molecule has 0 spiro atoms. The van der Waals surface area contributed by atoms with Crippen molar-refractivity contribution in [1.82, 2.24) is 10.2 Å². The minimum atomic E-state index is -0.113. The van der Waals surface area contributed by atoms with Crippen LogP contribution in [-0.2, 0) is 0 Å². The van der Waals surface area contributed by atoms with E-state index >= 15 is 0 Å². The summed E-state index contributed by atoms with van der Waals surface area (Å²) in [6.45, 7) is 7.77. The molecule has 0 radical (unpaired) electrons. The van der Waals surface area contributed by atoms with Crippen molar-refractivity contribution in [2.45, 2.75) is 64.1 Å². The van der Waals surface area contributed by atoms with Crippen LogP contribution in [0.15, 0.2) is 0 Å². The Kier molecular flexibility index (Phi) is 4.83. The molecule has 0 aromatic carbocycles. The highest BCUT2D eigenvalue weighted by molar-refractivity contribution is 4.91. The maximum atomic E-state index is 10.1. The molecule has 0 bridgehead atoms. The first-order chi connectivity index (χ1) is 8.22. The normalized spacial score (nSPS) is 32.6. The molecule has 2 N–H and O–H groups in total. The Bertz CT molecular complexity index is 230. The summed E-state index contributed by atoms with van der Waals surface area (Å²) in [5.41, 5.74) is 0. The largest absolute Gasteiger partial charge is 0.393 e. The van der Waals surface area contributed by atoms with Crippen LogP contribution in [0.25, 0.3) is 0 Å². The van der Waals surface area contributed by atoms with Gasteiger partial charge in [-0.25, -0.2) is 0 Å². The maximum absolute atomic E-state index is 10.1. The lowest BCUT2D eigenvalue weighted by atomic mass is 9.88. The molecule has 2 fully saturated rings. The van der Waals surface area contributed by atoms with Gasteiger partial charge in [-0.3, -0.25) is 0 Å². The average molecular weight is 240 g/mol. The van der Waals surface area contributed by atoms with Gasteiger partial charge >= 0.3 is 0 Å². The minimum Gasteiger partial charge on any atom is -0.393 e. The Hall–Kier alpha value is -0.120. The van der Waals surface area contributed by atoms with Gasteiger partial charge in [0.1, 0.15) is 0 Å². The maximum Gasteiger partial charge on any atom is 0.0578 e. The summed E-state index contributed by atoms with van der Waals surface area (Å²) in [5, 5.41) is 13.8. The van der Waals surface area contributed by atoms with Crippen LogP contribution in [-0.4, -0.2) is 47.8 Å². The van der Waals surface area contributed by atoms with Crippen molar-refractivity contribution in [3.63, 3.8) is 0 Å². The molecule has 0 aromatic rings. The first kappa shape index (κ1) is 13.3. The first-order valence-electron chi connectivity index (χ1n) is 7.39. The summed E-state index contributed by atoms with van der Waals surface area (Å²) in [6.07, 6.45) is 5.85. The zero-order valence-corrected chi connectivity index (χ0v) is 11.4. The van der Waals surface area contributed by atoms with Crippen LogP contribution >= 0.6 is 0 Å². The molecule has 0 amide bonds. The van der Waals surface area contributed by atoms with E-state index in [1.165, 1.54) is 32.4 Å². The second kappa shape index (κ2) is 6.17. The number of piperidine rings is 1. The van der Waals surface area contributed by atoms with Crippen LogP contribution in [0.4, 0.5) is 0 Å². The third-order valence-electron chi connectivity index (χ3n) is 4.11. The molecule has 1 heterocycles. The number of aliphatic hydroxyl groups excluding tert-OH is 1. The van der Waals surface area contributed by atoms with Gasteiger partial charge in [0.25, 0.3) is 0 Å². The Morgan fingerprint density at radius 1 is 1.24 bits per heavy atom. The fourth-order valence-corrected chi connectivity index (χ4v) is 3.05. The Labute approximate surface area is 106 Å². The lowest BCUT2D eigenvalue weighted by Gasteiger charge is -2.40. The Morgan fingerprint density at radius 2 is 2.00 bits per heavy atom. The van der Waals surface area contributed by atoms with Crippen molar-refractivity contribution >= 4 is 0 Å².